The summed E-state index contributed by atoms with van der Waals surface area (Å²) in [4.78, 5) is 13.4. The van der Waals surface area contributed by atoms with E-state index in [-0.39, 0.29) is 11.6 Å². The van der Waals surface area contributed by atoms with Crippen molar-refractivity contribution in [3.8, 4) is 0 Å². The van der Waals surface area contributed by atoms with Crippen molar-refractivity contribution >= 4 is 29.6 Å². The van der Waals surface area contributed by atoms with E-state index in [0.29, 0.717) is 18.8 Å². The zero-order valence-corrected chi connectivity index (χ0v) is 12.7. The van der Waals surface area contributed by atoms with Gasteiger partial charge in [-0.2, -0.15) is 0 Å². The van der Waals surface area contributed by atoms with Gasteiger partial charge >= 0.3 is 0 Å². The number of carbonyl (C=O) groups excluding carboxylic acids is 1. The Morgan fingerprint density at radius 3 is 2.95 bits per heavy atom. The van der Waals surface area contributed by atoms with Crippen LogP contribution < -0.4 is 5.32 Å². The van der Waals surface area contributed by atoms with Crippen LogP contribution in [0.5, 0.6) is 0 Å². The normalized spacial score (nSPS) is 10.8. The summed E-state index contributed by atoms with van der Waals surface area (Å²) in [5.74, 6) is 0.170. The summed E-state index contributed by atoms with van der Waals surface area (Å²) in [6.07, 6.45) is 6.21. The average molecular weight is 306 g/mol. The maximum absolute atomic E-state index is 11.9. The largest absolute Gasteiger partial charge is 0.355 e. The minimum atomic E-state index is -0.327. The predicted octanol–water partition coefficient (Wildman–Crippen LogP) is 2.35. The molecule has 1 aromatic rings. The van der Waals surface area contributed by atoms with Crippen LogP contribution in [0.3, 0.4) is 0 Å². The SMILES string of the molecule is C=C/C(=C\SC)c1cc(C(=O)NCCN(C=C)C=N)no1. The second kappa shape index (κ2) is 8.80. The highest BCUT2D eigenvalue weighted by Gasteiger charge is 2.13. The second-order valence-corrected chi connectivity index (χ2v) is 4.60. The average Bonchev–Trinajstić information content (AvgIpc) is 2.98. The molecule has 112 valence electrons. The van der Waals surface area contributed by atoms with Crippen LogP contribution in [-0.2, 0) is 0 Å². The van der Waals surface area contributed by atoms with Gasteiger partial charge in [-0.3, -0.25) is 10.2 Å². The lowest BCUT2D eigenvalue weighted by atomic mass is 10.2. The van der Waals surface area contributed by atoms with Gasteiger partial charge < -0.3 is 14.7 Å². The number of nitrogens with one attached hydrogen (secondary N) is 2. The highest BCUT2D eigenvalue weighted by molar-refractivity contribution is 8.01. The van der Waals surface area contributed by atoms with Crippen molar-refractivity contribution in [2.75, 3.05) is 19.3 Å². The van der Waals surface area contributed by atoms with E-state index in [1.54, 1.807) is 17.0 Å². The molecule has 2 N–H and O–H groups in total. The van der Waals surface area contributed by atoms with Crippen LogP contribution in [0.2, 0.25) is 0 Å². The van der Waals surface area contributed by atoms with E-state index in [1.807, 2.05) is 11.7 Å². The number of hydrogen-bond donors (Lipinski definition) is 2. The molecule has 0 aliphatic carbocycles. The van der Waals surface area contributed by atoms with Crippen LogP contribution in [0, 0.1) is 5.41 Å². The Kier molecular flexibility index (Phi) is 7.03. The molecule has 0 unspecified atom stereocenters. The van der Waals surface area contributed by atoms with Crippen LogP contribution in [0.1, 0.15) is 16.2 Å². The Bertz CT molecular complexity index is 543. The van der Waals surface area contributed by atoms with Crippen molar-refractivity contribution in [3.63, 3.8) is 0 Å². The second-order valence-electron chi connectivity index (χ2n) is 3.89. The number of nitrogens with zero attached hydrogens (tertiary/aromatic N) is 2. The molecule has 1 amide bonds. The van der Waals surface area contributed by atoms with Gasteiger partial charge in [-0.25, -0.2) is 0 Å². The lowest BCUT2D eigenvalue weighted by Gasteiger charge is -2.12. The van der Waals surface area contributed by atoms with E-state index in [2.05, 4.69) is 23.6 Å². The monoisotopic (exact) mass is 306 g/mol. The number of thioether (sulfide) groups is 1. The fraction of sp³-hybridized carbons (Fsp3) is 0.214. The van der Waals surface area contributed by atoms with Crippen molar-refractivity contribution in [1.29, 1.82) is 5.41 Å². The lowest BCUT2D eigenvalue weighted by Crippen LogP contribution is -2.31. The third kappa shape index (κ3) is 4.96. The molecule has 21 heavy (non-hydrogen) atoms. The summed E-state index contributed by atoms with van der Waals surface area (Å²) in [7, 11) is 0. The highest BCUT2D eigenvalue weighted by Crippen LogP contribution is 2.19. The molecule has 0 aliphatic heterocycles. The van der Waals surface area contributed by atoms with Gasteiger partial charge in [-0.1, -0.05) is 24.4 Å². The van der Waals surface area contributed by atoms with Crippen molar-refractivity contribution in [3.05, 3.63) is 48.4 Å². The first-order chi connectivity index (χ1) is 10.2. The van der Waals surface area contributed by atoms with Crippen molar-refractivity contribution in [1.82, 2.24) is 15.4 Å². The van der Waals surface area contributed by atoms with E-state index < -0.39 is 0 Å². The van der Waals surface area contributed by atoms with Gasteiger partial charge in [0.1, 0.15) is 0 Å². The fourth-order valence-electron chi connectivity index (χ4n) is 1.45. The van der Waals surface area contributed by atoms with E-state index in [0.717, 1.165) is 11.9 Å². The van der Waals surface area contributed by atoms with Gasteiger partial charge in [0.2, 0.25) is 0 Å². The summed E-state index contributed by atoms with van der Waals surface area (Å²) in [6, 6.07) is 1.57. The molecule has 0 aliphatic rings. The number of rotatable bonds is 9. The molecular formula is C14H18N4O2S. The smallest absolute Gasteiger partial charge is 0.273 e. The Labute approximate surface area is 128 Å². The number of carbonyl (C=O) groups is 1. The number of aromatic nitrogens is 1. The molecule has 0 spiro atoms. The minimum Gasteiger partial charge on any atom is -0.355 e. The van der Waals surface area contributed by atoms with E-state index in [9.17, 15) is 4.79 Å². The Morgan fingerprint density at radius 2 is 2.38 bits per heavy atom. The summed E-state index contributed by atoms with van der Waals surface area (Å²) in [5.41, 5.74) is 0.981. The van der Waals surface area contributed by atoms with Gasteiger partial charge in [0, 0.05) is 24.7 Å². The molecule has 0 saturated heterocycles. The number of allylic oxidation sites excluding steroid dienone is 2. The van der Waals surface area contributed by atoms with Gasteiger partial charge in [-0.15, -0.1) is 11.8 Å². The summed E-state index contributed by atoms with van der Waals surface area (Å²) < 4.78 is 5.13. The van der Waals surface area contributed by atoms with Crippen LogP contribution in [0.15, 0.2) is 41.4 Å². The quantitative estimate of drug-likeness (QED) is 0.416. The Hall–Kier alpha value is -2.28. The van der Waals surface area contributed by atoms with Crippen LogP contribution in [0.4, 0.5) is 0 Å². The lowest BCUT2D eigenvalue weighted by molar-refractivity contribution is 0.0943. The van der Waals surface area contributed by atoms with E-state index in [1.165, 1.54) is 18.0 Å². The summed E-state index contributed by atoms with van der Waals surface area (Å²) in [5, 5.41) is 15.4. The molecule has 0 saturated carbocycles. The first-order valence-electron chi connectivity index (χ1n) is 6.15. The molecule has 0 bridgehead atoms. The zero-order valence-electron chi connectivity index (χ0n) is 11.8. The minimum absolute atomic E-state index is 0.207. The van der Waals surface area contributed by atoms with Gasteiger partial charge in [0.05, 0.1) is 6.34 Å². The molecule has 1 heterocycles. The van der Waals surface area contributed by atoms with Crippen molar-refractivity contribution in [2.24, 2.45) is 0 Å². The Balaban J connectivity index is 2.62. The molecule has 0 radical (unpaired) electrons. The maximum atomic E-state index is 11.9. The first kappa shape index (κ1) is 16.8. The standard InChI is InChI=1S/C14H18N4O2S/c1-4-11(9-21-3)13-8-12(17-20-13)14(19)16-6-7-18(5-2)10-15/h4-5,8-10,15H,1-2,6-7H2,3H3,(H,16,19)/b11-9+,15-10?. The third-order valence-electron chi connectivity index (χ3n) is 2.55. The van der Waals surface area contributed by atoms with Crippen molar-refractivity contribution < 1.29 is 9.32 Å². The summed E-state index contributed by atoms with van der Waals surface area (Å²) >= 11 is 1.51. The fourth-order valence-corrected chi connectivity index (χ4v) is 1.92. The molecule has 1 rings (SSSR count). The first-order valence-corrected chi connectivity index (χ1v) is 7.44. The highest BCUT2D eigenvalue weighted by atomic mass is 32.2. The van der Waals surface area contributed by atoms with Crippen LogP contribution in [-0.4, -0.2) is 41.6 Å². The predicted molar refractivity (Wildman–Crippen MR) is 86.2 cm³/mol. The van der Waals surface area contributed by atoms with Crippen LogP contribution >= 0.6 is 11.8 Å². The number of hydrogen-bond acceptors (Lipinski definition) is 5. The zero-order chi connectivity index (χ0) is 15.7. The Morgan fingerprint density at radius 1 is 1.62 bits per heavy atom. The molecule has 6 nitrogen and oxygen atoms in total. The van der Waals surface area contributed by atoms with Gasteiger partial charge in [0.25, 0.3) is 5.91 Å². The molecule has 1 aromatic heterocycles. The van der Waals surface area contributed by atoms with Gasteiger partial charge in [0.15, 0.2) is 11.5 Å². The molecular weight excluding hydrogens is 288 g/mol. The summed E-state index contributed by atoms with van der Waals surface area (Å²) in [6.45, 7) is 8.08. The van der Waals surface area contributed by atoms with E-state index in [4.69, 9.17) is 9.93 Å². The molecule has 0 fully saturated rings. The molecule has 0 aromatic carbocycles. The van der Waals surface area contributed by atoms with Crippen molar-refractivity contribution in [2.45, 2.75) is 0 Å². The maximum Gasteiger partial charge on any atom is 0.273 e. The number of amides is 1. The topological polar surface area (TPSA) is 82.2 Å². The molecule has 7 heteroatoms. The van der Waals surface area contributed by atoms with Gasteiger partial charge in [-0.05, 0) is 17.9 Å². The van der Waals surface area contributed by atoms with Crippen LogP contribution in [0.25, 0.3) is 5.57 Å². The molecule has 0 atom stereocenters. The third-order valence-corrected chi connectivity index (χ3v) is 3.04. The van der Waals surface area contributed by atoms with E-state index >= 15 is 0 Å².